The summed E-state index contributed by atoms with van der Waals surface area (Å²) in [5.41, 5.74) is 1.15. The Morgan fingerprint density at radius 2 is 1.87 bits per heavy atom. The zero-order chi connectivity index (χ0) is 20.9. The minimum absolute atomic E-state index is 0.130. The Morgan fingerprint density at radius 1 is 1.03 bits per heavy atom. The number of esters is 1. The maximum absolute atomic E-state index is 12.2. The quantitative estimate of drug-likeness (QED) is 0.367. The Balaban J connectivity index is 1.31. The van der Waals surface area contributed by atoms with Crippen molar-refractivity contribution in [1.82, 2.24) is 20.3 Å². The van der Waals surface area contributed by atoms with E-state index in [4.69, 9.17) is 18.5 Å². The smallest absolute Gasteiger partial charge is 0.338 e. The van der Waals surface area contributed by atoms with Gasteiger partial charge in [0.1, 0.15) is 5.75 Å². The second-order valence-corrected chi connectivity index (χ2v) is 7.06. The van der Waals surface area contributed by atoms with E-state index in [1.54, 1.807) is 31.2 Å². The van der Waals surface area contributed by atoms with Crippen LogP contribution < -0.4 is 4.74 Å². The maximum atomic E-state index is 12.2. The molecule has 0 radical (unpaired) electrons. The monoisotopic (exact) mass is 470 g/mol. The number of carbonyl (C=O) groups is 1. The van der Waals surface area contributed by atoms with E-state index in [2.05, 4.69) is 36.2 Å². The molecule has 0 bridgehead atoms. The Kier molecular flexibility index (Phi) is 5.84. The first kappa shape index (κ1) is 19.8. The average Bonchev–Trinajstić information content (AvgIpc) is 3.40. The highest BCUT2D eigenvalue weighted by Crippen LogP contribution is 2.21. The molecule has 0 aliphatic heterocycles. The topological polar surface area (TPSA) is 113 Å². The predicted molar refractivity (Wildman–Crippen MR) is 106 cm³/mol. The molecule has 0 saturated heterocycles. The lowest BCUT2D eigenvalue weighted by Crippen LogP contribution is -2.05. The van der Waals surface area contributed by atoms with Crippen molar-refractivity contribution in [3.05, 3.63) is 76.2 Å². The van der Waals surface area contributed by atoms with Crippen LogP contribution in [0.4, 0.5) is 0 Å². The van der Waals surface area contributed by atoms with Gasteiger partial charge in [-0.05, 0) is 36.4 Å². The van der Waals surface area contributed by atoms with Crippen molar-refractivity contribution in [1.29, 1.82) is 0 Å². The van der Waals surface area contributed by atoms with Crippen LogP contribution in [0.25, 0.3) is 11.4 Å². The zero-order valence-electron chi connectivity index (χ0n) is 15.7. The molecule has 0 amide bonds. The van der Waals surface area contributed by atoms with Crippen LogP contribution in [-0.4, -0.2) is 26.3 Å². The van der Waals surface area contributed by atoms with Gasteiger partial charge in [-0.25, -0.2) is 4.79 Å². The van der Waals surface area contributed by atoms with Gasteiger partial charge < -0.3 is 18.5 Å². The van der Waals surface area contributed by atoms with E-state index in [0.717, 1.165) is 10.0 Å². The van der Waals surface area contributed by atoms with Crippen molar-refractivity contribution < 1.29 is 23.3 Å². The number of benzene rings is 2. The number of aryl methyl sites for hydroxylation is 1. The van der Waals surface area contributed by atoms with E-state index in [-0.39, 0.29) is 19.1 Å². The first-order valence-electron chi connectivity index (χ1n) is 8.84. The summed E-state index contributed by atoms with van der Waals surface area (Å²) in [6.07, 6.45) is 0. The van der Waals surface area contributed by atoms with E-state index in [1.807, 2.05) is 24.3 Å². The first-order chi connectivity index (χ1) is 14.6. The predicted octanol–water partition coefficient (Wildman–Crippen LogP) is 4.13. The summed E-state index contributed by atoms with van der Waals surface area (Å²) in [4.78, 5) is 20.5. The molecule has 10 heteroatoms. The maximum Gasteiger partial charge on any atom is 0.338 e. The molecule has 0 aliphatic carbocycles. The van der Waals surface area contributed by atoms with Gasteiger partial charge >= 0.3 is 5.97 Å². The van der Waals surface area contributed by atoms with Gasteiger partial charge in [-0.3, -0.25) is 0 Å². The lowest BCUT2D eigenvalue weighted by molar-refractivity contribution is 0.0430. The highest BCUT2D eigenvalue weighted by atomic mass is 79.9. The van der Waals surface area contributed by atoms with Crippen LogP contribution in [0.3, 0.4) is 0 Å². The summed E-state index contributed by atoms with van der Waals surface area (Å²) in [6.45, 7) is 1.74. The molecule has 0 unspecified atom stereocenters. The molecule has 4 aromatic rings. The van der Waals surface area contributed by atoms with E-state index in [0.29, 0.717) is 28.9 Å². The number of carbonyl (C=O) groups excluding carboxylic acids is 1. The zero-order valence-corrected chi connectivity index (χ0v) is 17.3. The largest absolute Gasteiger partial charge is 0.485 e. The molecule has 2 heterocycles. The van der Waals surface area contributed by atoms with Crippen LogP contribution in [0.5, 0.6) is 5.75 Å². The third kappa shape index (κ3) is 4.90. The summed E-state index contributed by atoms with van der Waals surface area (Å²) >= 11 is 3.39. The normalized spacial score (nSPS) is 10.7. The fourth-order valence-corrected chi connectivity index (χ4v) is 2.90. The van der Waals surface area contributed by atoms with Gasteiger partial charge in [-0.15, -0.1) is 0 Å². The second kappa shape index (κ2) is 8.87. The molecular formula is C20H15BrN4O5. The summed E-state index contributed by atoms with van der Waals surface area (Å²) < 4.78 is 21.7. The summed E-state index contributed by atoms with van der Waals surface area (Å²) in [6, 6.07) is 14.0. The molecule has 0 atom stereocenters. The van der Waals surface area contributed by atoms with E-state index in [1.165, 1.54) is 0 Å². The lowest BCUT2D eigenvalue weighted by atomic mass is 10.2. The average molecular weight is 471 g/mol. The second-order valence-electron chi connectivity index (χ2n) is 6.14. The minimum Gasteiger partial charge on any atom is -0.485 e. The van der Waals surface area contributed by atoms with Crippen LogP contribution in [0.1, 0.15) is 28.0 Å². The van der Waals surface area contributed by atoms with Gasteiger partial charge in [0.2, 0.25) is 17.5 Å². The highest BCUT2D eigenvalue weighted by molar-refractivity contribution is 9.10. The lowest BCUT2D eigenvalue weighted by Gasteiger charge is -2.05. The van der Waals surface area contributed by atoms with Crippen molar-refractivity contribution in [3.63, 3.8) is 0 Å². The molecule has 0 saturated carbocycles. The number of rotatable bonds is 7. The van der Waals surface area contributed by atoms with Crippen molar-refractivity contribution in [2.24, 2.45) is 0 Å². The van der Waals surface area contributed by atoms with Crippen molar-refractivity contribution >= 4 is 21.9 Å². The molecule has 0 N–H and O–H groups in total. The first-order valence-corrected chi connectivity index (χ1v) is 9.64. The molecular weight excluding hydrogens is 456 g/mol. The van der Waals surface area contributed by atoms with E-state index in [9.17, 15) is 4.79 Å². The highest BCUT2D eigenvalue weighted by Gasteiger charge is 2.13. The number of hydrogen-bond donors (Lipinski definition) is 0. The molecule has 4 rings (SSSR count). The number of nitrogens with zero attached hydrogens (tertiary/aromatic N) is 4. The van der Waals surface area contributed by atoms with Crippen molar-refractivity contribution in [3.8, 4) is 17.1 Å². The van der Waals surface area contributed by atoms with Crippen LogP contribution in [0, 0.1) is 6.92 Å². The van der Waals surface area contributed by atoms with Gasteiger partial charge in [0.15, 0.2) is 13.2 Å². The standard InChI is InChI=1S/C20H15BrN4O5/c1-12-22-17(24-29-12)10-27-16-7-5-13(6-8-16)20(26)28-11-18-23-19(25-30-18)14-3-2-4-15(21)9-14/h2-9H,10-11H2,1H3. The third-order valence-corrected chi connectivity index (χ3v) is 4.40. The minimum atomic E-state index is -0.516. The summed E-state index contributed by atoms with van der Waals surface area (Å²) in [5.74, 6) is 1.57. The Labute approximate surface area is 179 Å². The number of halogens is 1. The molecule has 30 heavy (non-hydrogen) atoms. The number of aromatic nitrogens is 4. The van der Waals surface area contributed by atoms with Gasteiger partial charge in [0.05, 0.1) is 5.56 Å². The number of ether oxygens (including phenoxy) is 2. The van der Waals surface area contributed by atoms with Crippen molar-refractivity contribution in [2.45, 2.75) is 20.1 Å². The fourth-order valence-electron chi connectivity index (χ4n) is 2.50. The molecule has 0 spiro atoms. The van der Waals surface area contributed by atoms with Crippen LogP contribution in [-0.2, 0) is 18.0 Å². The van der Waals surface area contributed by atoms with Gasteiger partial charge in [0.25, 0.3) is 5.89 Å². The third-order valence-electron chi connectivity index (χ3n) is 3.91. The Hall–Kier alpha value is -3.53. The number of hydrogen-bond acceptors (Lipinski definition) is 9. The van der Waals surface area contributed by atoms with Crippen LogP contribution in [0.15, 0.2) is 62.0 Å². The Bertz CT molecular complexity index is 1160. The molecule has 9 nitrogen and oxygen atoms in total. The van der Waals surface area contributed by atoms with Crippen LogP contribution in [0.2, 0.25) is 0 Å². The molecule has 2 aromatic carbocycles. The van der Waals surface area contributed by atoms with Gasteiger partial charge in [0, 0.05) is 17.0 Å². The van der Waals surface area contributed by atoms with E-state index < -0.39 is 5.97 Å². The van der Waals surface area contributed by atoms with Gasteiger partial charge in [-0.2, -0.15) is 9.97 Å². The Morgan fingerprint density at radius 3 is 2.60 bits per heavy atom. The fraction of sp³-hybridized carbons (Fsp3) is 0.150. The molecule has 152 valence electrons. The molecule has 2 aromatic heterocycles. The summed E-state index contributed by atoms with van der Waals surface area (Å²) in [5, 5.41) is 7.65. The van der Waals surface area contributed by atoms with Crippen LogP contribution >= 0.6 is 15.9 Å². The van der Waals surface area contributed by atoms with Crippen molar-refractivity contribution in [2.75, 3.05) is 0 Å². The SMILES string of the molecule is Cc1nc(COc2ccc(C(=O)OCc3nc(-c4cccc(Br)c4)no3)cc2)no1. The van der Waals surface area contributed by atoms with Gasteiger partial charge in [-0.1, -0.05) is 38.4 Å². The molecule has 0 fully saturated rings. The summed E-state index contributed by atoms with van der Waals surface area (Å²) in [7, 11) is 0. The molecule has 0 aliphatic rings. The van der Waals surface area contributed by atoms with E-state index >= 15 is 0 Å².